The zero-order valence-electron chi connectivity index (χ0n) is 10.4. The minimum absolute atomic E-state index is 0.331. The zero-order valence-corrected chi connectivity index (χ0v) is 11.3. The minimum atomic E-state index is -1.12. The molecule has 1 unspecified atom stereocenters. The van der Waals surface area contributed by atoms with E-state index in [9.17, 15) is 9.59 Å². The second kappa shape index (κ2) is 7.52. The van der Waals surface area contributed by atoms with E-state index in [1.807, 2.05) is 0 Å². The number of carbonyl (C=O) groups excluding carboxylic acids is 1. The molecule has 0 aliphatic rings. The molecule has 102 valence electrons. The number of hydrazone groups is 1. The molecule has 1 rings (SSSR count). The van der Waals surface area contributed by atoms with Crippen molar-refractivity contribution in [3.63, 3.8) is 0 Å². The molecular formula is C12H15N3O3S. The molecule has 7 heteroatoms. The van der Waals surface area contributed by atoms with Crippen molar-refractivity contribution < 1.29 is 14.7 Å². The van der Waals surface area contributed by atoms with Crippen LogP contribution < -0.4 is 0 Å². The fraction of sp³-hybridized carbons (Fsp3) is 0.333. The van der Waals surface area contributed by atoms with Gasteiger partial charge in [-0.3, -0.25) is 14.6 Å². The van der Waals surface area contributed by atoms with Crippen LogP contribution in [0.1, 0.15) is 12.5 Å². The molecule has 0 aliphatic heterocycles. The van der Waals surface area contributed by atoms with Gasteiger partial charge < -0.3 is 5.11 Å². The molecular weight excluding hydrogens is 266 g/mol. The van der Waals surface area contributed by atoms with E-state index in [4.69, 9.17) is 5.11 Å². The van der Waals surface area contributed by atoms with Crippen molar-refractivity contribution in [2.45, 2.75) is 6.92 Å². The Morgan fingerprint density at radius 2 is 2.37 bits per heavy atom. The van der Waals surface area contributed by atoms with Gasteiger partial charge in [0.2, 0.25) is 5.91 Å². The van der Waals surface area contributed by atoms with E-state index in [0.29, 0.717) is 11.3 Å². The number of hydrogen-bond donors (Lipinski definition) is 2. The Morgan fingerprint density at radius 1 is 1.63 bits per heavy atom. The number of pyridine rings is 1. The van der Waals surface area contributed by atoms with Gasteiger partial charge in [-0.05, 0) is 6.07 Å². The van der Waals surface area contributed by atoms with Crippen LogP contribution in [0.4, 0.5) is 0 Å². The van der Waals surface area contributed by atoms with Crippen LogP contribution in [0.25, 0.3) is 0 Å². The van der Waals surface area contributed by atoms with Crippen LogP contribution in [0, 0.1) is 5.92 Å². The Hall–Kier alpha value is -1.89. The van der Waals surface area contributed by atoms with Crippen LogP contribution >= 0.6 is 12.6 Å². The van der Waals surface area contributed by atoms with Crippen LogP contribution in [0.15, 0.2) is 29.6 Å². The number of rotatable bonds is 6. The highest BCUT2D eigenvalue weighted by atomic mass is 32.1. The molecule has 0 fully saturated rings. The lowest BCUT2D eigenvalue weighted by molar-refractivity contribution is -0.145. The molecule has 0 spiro atoms. The molecule has 0 saturated heterocycles. The van der Waals surface area contributed by atoms with Crippen molar-refractivity contribution in [1.82, 2.24) is 9.99 Å². The summed E-state index contributed by atoms with van der Waals surface area (Å²) in [6.45, 7) is 1.19. The number of aromatic nitrogens is 1. The van der Waals surface area contributed by atoms with Crippen molar-refractivity contribution in [3.8, 4) is 0 Å². The third-order valence-electron chi connectivity index (χ3n) is 2.27. The van der Waals surface area contributed by atoms with Crippen LogP contribution in [0.3, 0.4) is 0 Å². The SMILES string of the molecule is CC(CS)C(=O)N(CC(=O)O)N=Cc1cccnc1. The second-order valence-electron chi connectivity index (χ2n) is 3.90. The zero-order chi connectivity index (χ0) is 14.3. The van der Waals surface area contributed by atoms with Crippen molar-refractivity contribution in [2.75, 3.05) is 12.3 Å². The molecule has 0 radical (unpaired) electrons. The highest BCUT2D eigenvalue weighted by molar-refractivity contribution is 7.80. The summed E-state index contributed by atoms with van der Waals surface area (Å²) in [5.74, 6) is -1.56. The lowest BCUT2D eigenvalue weighted by atomic mass is 10.2. The summed E-state index contributed by atoms with van der Waals surface area (Å²) >= 11 is 4.02. The van der Waals surface area contributed by atoms with E-state index in [2.05, 4.69) is 22.7 Å². The summed E-state index contributed by atoms with van der Waals surface area (Å²) in [5, 5.41) is 13.6. The molecule has 19 heavy (non-hydrogen) atoms. The Morgan fingerprint density at radius 3 is 2.89 bits per heavy atom. The molecule has 0 saturated carbocycles. The van der Waals surface area contributed by atoms with E-state index >= 15 is 0 Å². The molecule has 1 amide bonds. The van der Waals surface area contributed by atoms with Gasteiger partial charge in [0.25, 0.3) is 0 Å². The fourth-order valence-corrected chi connectivity index (χ4v) is 1.38. The Bertz CT molecular complexity index is 465. The summed E-state index contributed by atoms with van der Waals surface area (Å²) in [6.07, 6.45) is 4.58. The molecule has 0 aliphatic carbocycles. The maximum Gasteiger partial charge on any atom is 0.325 e. The first-order chi connectivity index (χ1) is 9.04. The highest BCUT2D eigenvalue weighted by Gasteiger charge is 2.20. The van der Waals surface area contributed by atoms with Crippen molar-refractivity contribution in [2.24, 2.45) is 11.0 Å². The van der Waals surface area contributed by atoms with Crippen LogP contribution in [-0.2, 0) is 9.59 Å². The van der Waals surface area contributed by atoms with E-state index in [0.717, 1.165) is 5.01 Å². The molecule has 1 aromatic heterocycles. The van der Waals surface area contributed by atoms with Crippen molar-refractivity contribution in [3.05, 3.63) is 30.1 Å². The van der Waals surface area contributed by atoms with Gasteiger partial charge in [-0.25, -0.2) is 5.01 Å². The van der Waals surface area contributed by atoms with E-state index in [1.165, 1.54) is 6.21 Å². The van der Waals surface area contributed by atoms with E-state index in [-0.39, 0.29) is 5.91 Å². The molecule has 0 aromatic carbocycles. The second-order valence-corrected chi connectivity index (χ2v) is 4.27. The smallest absolute Gasteiger partial charge is 0.325 e. The Balaban J connectivity index is 2.83. The molecule has 1 heterocycles. The maximum absolute atomic E-state index is 11.9. The first kappa shape index (κ1) is 15.2. The van der Waals surface area contributed by atoms with E-state index in [1.54, 1.807) is 31.5 Å². The van der Waals surface area contributed by atoms with Gasteiger partial charge in [0, 0.05) is 29.6 Å². The molecule has 1 atom stereocenters. The largest absolute Gasteiger partial charge is 0.480 e. The lowest BCUT2D eigenvalue weighted by Crippen LogP contribution is -2.35. The number of thiol groups is 1. The fourth-order valence-electron chi connectivity index (χ4n) is 1.22. The number of nitrogens with zero attached hydrogens (tertiary/aromatic N) is 3. The summed E-state index contributed by atoms with van der Waals surface area (Å²) in [7, 11) is 0. The van der Waals surface area contributed by atoms with Crippen LogP contribution in [0.5, 0.6) is 0 Å². The van der Waals surface area contributed by atoms with Gasteiger partial charge in [-0.2, -0.15) is 17.7 Å². The number of carboxylic acids is 1. The third-order valence-corrected chi connectivity index (χ3v) is 2.81. The van der Waals surface area contributed by atoms with E-state index < -0.39 is 18.4 Å². The maximum atomic E-state index is 11.9. The number of hydrogen-bond acceptors (Lipinski definition) is 5. The summed E-state index contributed by atoms with van der Waals surface area (Å²) in [5.41, 5.74) is 0.684. The highest BCUT2D eigenvalue weighted by Crippen LogP contribution is 2.05. The quantitative estimate of drug-likeness (QED) is 0.461. The predicted octanol–water partition coefficient (Wildman–Crippen LogP) is 0.895. The van der Waals surface area contributed by atoms with Gasteiger partial charge in [0.1, 0.15) is 6.54 Å². The normalized spacial score (nSPS) is 12.3. The number of aliphatic carboxylic acids is 1. The average molecular weight is 281 g/mol. The molecule has 1 aromatic rings. The van der Waals surface area contributed by atoms with Crippen LogP contribution in [-0.4, -0.2) is 45.5 Å². The topological polar surface area (TPSA) is 82.9 Å². The third kappa shape index (κ3) is 5.09. The molecule has 6 nitrogen and oxygen atoms in total. The standard InChI is InChI=1S/C12H15N3O3S/c1-9(8-19)12(18)15(7-11(16)17)14-6-10-3-2-4-13-5-10/h2-6,9,19H,7-8H2,1H3,(H,16,17). The minimum Gasteiger partial charge on any atom is -0.480 e. The first-order valence-electron chi connectivity index (χ1n) is 5.62. The average Bonchev–Trinajstić information content (AvgIpc) is 2.42. The summed E-state index contributed by atoms with van der Waals surface area (Å²) < 4.78 is 0. The van der Waals surface area contributed by atoms with Gasteiger partial charge in [0.15, 0.2) is 0 Å². The molecule has 0 bridgehead atoms. The number of carboxylic acid groups (broad SMARTS) is 1. The number of amides is 1. The van der Waals surface area contributed by atoms with Gasteiger partial charge >= 0.3 is 5.97 Å². The summed E-state index contributed by atoms with van der Waals surface area (Å²) in [6, 6.07) is 3.48. The van der Waals surface area contributed by atoms with Crippen LogP contribution in [0.2, 0.25) is 0 Å². The Kier molecular flexibility index (Phi) is 6.01. The van der Waals surface area contributed by atoms with Crippen molar-refractivity contribution in [1.29, 1.82) is 0 Å². The van der Waals surface area contributed by atoms with Gasteiger partial charge in [-0.1, -0.05) is 13.0 Å². The first-order valence-corrected chi connectivity index (χ1v) is 6.26. The number of carbonyl (C=O) groups is 2. The summed E-state index contributed by atoms with van der Waals surface area (Å²) in [4.78, 5) is 26.5. The Labute approximate surface area is 116 Å². The lowest BCUT2D eigenvalue weighted by Gasteiger charge is -2.18. The predicted molar refractivity (Wildman–Crippen MR) is 74.2 cm³/mol. The van der Waals surface area contributed by atoms with Crippen molar-refractivity contribution >= 4 is 30.7 Å². The molecule has 1 N–H and O–H groups in total. The van der Waals surface area contributed by atoms with Gasteiger partial charge in [-0.15, -0.1) is 0 Å². The monoisotopic (exact) mass is 281 g/mol. The van der Waals surface area contributed by atoms with Gasteiger partial charge in [0.05, 0.1) is 6.21 Å².